The minimum absolute atomic E-state index is 0.585. The zero-order chi connectivity index (χ0) is 21.5. The molecule has 0 atom stereocenters. The van der Waals surface area contributed by atoms with E-state index in [1.165, 1.54) is 77.1 Å². The predicted octanol–water partition coefficient (Wildman–Crippen LogP) is 8.15. The lowest BCUT2D eigenvalue weighted by molar-refractivity contribution is 0.632. The maximum atomic E-state index is 5.71. The molecule has 0 aromatic heterocycles. The van der Waals surface area contributed by atoms with Crippen LogP contribution in [0.1, 0.15) is 50.2 Å². The minimum atomic E-state index is 0.585. The SMILES string of the molecule is CCCCCCCc1ccc2cc(-c3ccc(-c4ccc(CN)cc4)cc3)ccc2c1. The summed E-state index contributed by atoms with van der Waals surface area (Å²) < 4.78 is 0. The molecule has 0 spiro atoms. The molecule has 31 heavy (non-hydrogen) atoms. The molecule has 0 radical (unpaired) electrons. The van der Waals surface area contributed by atoms with Crippen LogP contribution in [-0.4, -0.2) is 0 Å². The Kier molecular flexibility index (Phi) is 7.17. The number of rotatable bonds is 9. The lowest BCUT2D eigenvalue weighted by Crippen LogP contribution is -1.95. The molecule has 1 heteroatoms. The first-order chi connectivity index (χ1) is 15.3. The van der Waals surface area contributed by atoms with Gasteiger partial charge in [0.15, 0.2) is 0 Å². The van der Waals surface area contributed by atoms with Crippen molar-refractivity contribution in [1.82, 2.24) is 0 Å². The molecule has 0 saturated heterocycles. The number of hydrogen-bond acceptors (Lipinski definition) is 1. The van der Waals surface area contributed by atoms with Crippen LogP contribution in [0.25, 0.3) is 33.0 Å². The Hall–Kier alpha value is -2.90. The summed E-state index contributed by atoms with van der Waals surface area (Å²) in [6, 6.07) is 31.1. The minimum Gasteiger partial charge on any atom is -0.326 e. The predicted molar refractivity (Wildman–Crippen MR) is 135 cm³/mol. The Bertz CT molecular complexity index is 1110. The van der Waals surface area contributed by atoms with Gasteiger partial charge in [-0.1, -0.05) is 111 Å². The Balaban J connectivity index is 1.47. The van der Waals surface area contributed by atoms with E-state index in [1.54, 1.807) is 0 Å². The standard InChI is InChI=1S/C30H33N/c1-2-3-4-5-6-7-23-8-13-30-21-29(19-18-28(30)20-23)27-16-14-26(15-17-27)25-11-9-24(22-31)10-12-25/h8-21H,2-7,22,31H2,1H3. The number of benzene rings is 4. The fourth-order valence-electron chi connectivity index (χ4n) is 4.25. The van der Waals surface area contributed by atoms with Crippen molar-refractivity contribution in [2.45, 2.75) is 52.0 Å². The first kappa shape index (κ1) is 21.3. The molecule has 158 valence electrons. The van der Waals surface area contributed by atoms with E-state index in [0.29, 0.717) is 6.54 Å². The molecule has 0 bridgehead atoms. The van der Waals surface area contributed by atoms with E-state index in [2.05, 4.69) is 91.9 Å². The molecule has 0 amide bonds. The molecule has 0 unspecified atom stereocenters. The van der Waals surface area contributed by atoms with E-state index in [4.69, 9.17) is 5.73 Å². The molecule has 0 saturated carbocycles. The average molecular weight is 408 g/mol. The third-order valence-corrected chi connectivity index (χ3v) is 6.21. The smallest absolute Gasteiger partial charge is 0.0178 e. The molecule has 2 N–H and O–H groups in total. The molecule has 0 fully saturated rings. The molecular weight excluding hydrogens is 374 g/mol. The first-order valence-corrected chi connectivity index (χ1v) is 11.7. The third-order valence-electron chi connectivity index (χ3n) is 6.21. The topological polar surface area (TPSA) is 26.0 Å². The van der Waals surface area contributed by atoms with Gasteiger partial charge >= 0.3 is 0 Å². The van der Waals surface area contributed by atoms with Gasteiger partial charge in [-0.05, 0) is 63.1 Å². The quantitative estimate of drug-likeness (QED) is 0.278. The van der Waals surface area contributed by atoms with Crippen molar-refractivity contribution in [3.05, 3.63) is 96.1 Å². The summed E-state index contributed by atoms with van der Waals surface area (Å²) in [6.45, 7) is 2.86. The van der Waals surface area contributed by atoms with E-state index < -0.39 is 0 Å². The maximum absolute atomic E-state index is 5.71. The summed E-state index contributed by atoms with van der Waals surface area (Å²) >= 11 is 0. The fourth-order valence-corrected chi connectivity index (χ4v) is 4.25. The van der Waals surface area contributed by atoms with Crippen LogP contribution in [0, 0.1) is 0 Å². The summed E-state index contributed by atoms with van der Waals surface area (Å²) in [6.07, 6.45) is 7.87. The number of aryl methyl sites for hydroxylation is 1. The molecule has 0 aliphatic heterocycles. The largest absolute Gasteiger partial charge is 0.326 e. The summed E-state index contributed by atoms with van der Waals surface area (Å²) in [4.78, 5) is 0. The lowest BCUT2D eigenvalue weighted by atomic mass is 9.96. The van der Waals surface area contributed by atoms with E-state index >= 15 is 0 Å². The molecule has 0 aliphatic carbocycles. The van der Waals surface area contributed by atoms with Crippen LogP contribution in [0.2, 0.25) is 0 Å². The second-order valence-electron chi connectivity index (χ2n) is 8.54. The summed E-state index contributed by atoms with van der Waals surface area (Å²) in [5.74, 6) is 0. The van der Waals surface area contributed by atoms with Crippen LogP contribution in [0.5, 0.6) is 0 Å². The van der Waals surface area contributed by atoms with Gasteiger partial charge in [0.2, 0.25) is 0 Å². The van der Waals surface area contributed by atoms with E-state index in [0.717, 1.165) is 5.56 Å². The van der Waals surface area contributed by atoms with Gasteiger partial charge in [0.25, 0.3) is 0 Å². The molecule has 4 rings (SSSR count). The highest BCUT2D eigenvalue weighted by molar-refractivity contribution is 5.88. The highest BCUT2D eigenvalue weighted by Crippen LogP contribution is 2.28. The second-order valence-corrected chi connectivity index (χ2v) is 8.54. The van der Waals surface area contributed by atoms with Crippen LogP contribution >= 0.6 is 0 Å². The van der Waals surface area contributed by atoms with Crippen molar-refractivity contribution in [1.29, 1.82) is 0 Å². The zero-order valence-electron chi connectivity index (χ0n) is 18.6. The third kappa shape index (κ3) is 5.42. The normalized spacial score (nSPS) is 11.2. The number of unbranched alkanes of at least 4 members (excludes halogenated alkanes) is 4. The van der Waals surface area contributed by atoms with E-state index in [1.807, 2.05) is 0 Å². The van der Waals surface area contributed by atoms with Gasteiger partial charge in [0, 0.05) is 6.54 Å². The van der Waals surface area contributed by atoms with Crippen LogP contribution < -0.4 is 5.73 Å². The number of fused-ring (bicyclic) bond motifs is 1. The highest BCUT2D eigenvalue weighted by Gasteiger charge is 2.04. The molecular formula is C30H33N. The Morgan fingerprint density at radius 2 is 1.03 bits per heavy atom. The Morgan fingerprint density at radius 3 is 1.71 bits per heavy atom. The lowest BCUT2D eigenvalue weighted by Gasteiger charge is -2.08. The van der Waals surface area contributed by atoms with Crippen molar-refractivity contribution in [3.63, 3.8) is 0 Å². The van der Waals surface area contributed by atoms with Crippen molar-refractivity contribution >= 4 is 10.8 Å². The van der Waals surface area contributed by atoms with Crippen LogP contribution in [0.15, 0.2) is 84.9 Å². The average Bonchev–Trinajstić information content (AvgIpc) is 2.84. The molecule has 0 heterocycles. The van der Waals surface area contributed by atoms with Gasteiger partial charge in [0.05, 0.1) is 0 Å². The Labute approximate surface area is 186 Å². The van der Waals surface area contributed by atoms with Gasteiger partial charge in [-0.2, -0.15) is 0 Å². The van der Waals surface area contributed by atoms with Crippen LogP contribution in [0.3, 0.4) is 0 Å². The molecule has 4 aromatic rings. The molecule has 0 aliphatic rings. The number of hydrogen-bond donors (Lipinski definition) is 1. The van der Waals surface area contributed by atoms with Crippen molar-refractivity contribution in [2.24, 2.45) is 5.73 Å². The first-order valence-electron chi connectivity index (χ1n) is 11.7. The maximum Gasteiger partial charge on any atom is 0.0178 e. The van der Waals surface area contributed by atoms with Gasteiger partial charge in [-0.3, -0.25) is 0 Å². The second kappa shape index (κ2) is 10.4. The summed E-state index contributed by atoms with van der Waals surface area (Å²) in [7, 11) is 0. The van der Waals surface area contributed by atoms with E-state index in [-0.39, 0.29) is 0 Å². The van der Waals surface area contributed by atoms with Crippen LogP contribution in [0.4, 0.5) is 0 Å². The summed E-state index contributed by atoms with van der Waals surface area (Å²) in [5, 5.41) is 2.65. The molecule has 4 aromatic carbocycles. The van der Waals surface area contributed by atoms with Gasteiger partial charge < -0.3 is 5.73 Å². The monoisotopic (exact) mass is 407 g/mol. The van der Waals surface area contributed by atoms with E-state index in [9.17, 15) is 0 Å². The van der Waals surface area contributed by atoms with Gasteiger partial charge in [-0.15, -0.1) is 0 Å². The zero-order valence-corrected chi connectivity index (χ0v) is 18.6. The van der Waals surface area contributed by atoms with Crippen molar-refractivity contribution < 1.29 is 0 Å². The van der Waals surface area contributed by atoms with Crippen molar-refractivity contribution in [3.8, 4) is 22.3 Å². The fraction of sp³-hybridized carbons (Fsp3) is 0.267. The van der Waals surface area contributed by atoms with Crippen LogP contribution in [-0.2, 0) is 13.0 Å². The van der Waals surface area contributed by atoms with Gasteiger partial charge in [-0.25, -0.2) is 0 Å². The highest BCUT2D eigenvalue weighted by atomic mass is 14.5. The Morgan fingerprint density at radius 1 is 0.516 bits per heavy atom. The number of nitrogens with two attached hydrogens (primary N) is 1. The van der Waals surface area contributed by atoms with Gasteiger partial charge in [0.1, 0.15) is 0 Å². The van der Waals surface area contributed by atoms with Crippen molar-refractivity contribution in [2.75, 3.05) is 0 Å². The molecule has 1 nitrogen and oxygen atoms in total. The summed E-state index contributed by atoms with van der Waals surface area (Å²) in [5.41, 5.74) is 13.3.